The fourth-order valence-electron chi connectivity index (χ4n) is 3.12. The van der Waals surface area contributed by atoms with E-state index in [2.05, 4.69) is 42.0 Å². The van der Waals surface area contributed by atoms with Crippen molar-refractivity contribution in [3.63, 3.8) is 0 Å². The van der Waals surface area contributed by atoms with Crippen LogP contribution in [0.5, 0.6) is 5.75 Å². The maximum atomic E-state index is 13.1. The van der Waals surface area contributed by atoms with Gasteiger partial charge in [-0.3, -0.25) is 9.59 Å². The van der Waals surface area contributed by atoms with Gasteiger partial charge in [-0.05, 0) is 70.6 Å². The van der Waals surface area contributed by atoms with Gasteiger partial charge in [0.15, 0.2) is 6.61 Å². The first kappa shape index (κ1) is 26.2. The Morgan fingerprint density at radius 3 is 2.41 bits per heavy atom. The monoisotopic (exact) mass is 522 g/mol. The van der Waals surface area contributed by atoms with Crippen LogP contribution in [0.25, 0.3) is 0 Å². The molecule has 2 amide bonds. The van der Waals surface area contributed by atoms with Gasteiger partial charge in [-0.15, -0.1) is 0 Å². The second-order valence-electron chi connectivity index (χ2n) is 8.10. The van der Waals surface area contributed by atoms with E-state index < -0.39 is 6.04 Å². The molecule has 0 heterocycles. The third-order valence-corrected chi connectivity index (χ3v) is 6.11. The lowest BCUT2D eigenvalue weighted by Gasteiger charge is -2.29. The number of halogens is 2. The molecule has 0 radical (unpaired) electrons. The molecular weight excluding hydrogens is 492 g/mol. The number of rotatable bonds is 11. The van der Waals surface area contributed by atoms with Gasteiger partial charge in [0.1, 0.15) is 11.8 Å². The number of benzene rings is 2. The molecule has 1 atom stereocenters. The Kier molecular flexibility index (Phi) is 10.5. The van der Waals surface area contributed by atoms with Crippen LogP contribution in [-0.4, -0.2) is 35.9 Å². The van der Waals surface area contributed by atoms with Crippen LogP contribution in [0.3, 0.4) is 0 Å². The highest BCUT2D eigenvalue weighted by Crippen LogP contribution is 2.29. The van der Waals surface area contributed by atoms with E-state index in [1.54, 1.807) is 24.0 Å². The normalized spacial score (nSPS) is 11.8. The van der Waals surface area contributed by atoms with E-state index in [-0.39, 0.29) is 25.0 Å². The number of carbonyl (C=O) groups excluding carboxylic acids is 2. The minimum Gasteiger partial charge on any atom is -0.483 e. The zero-order valence-corrected chi connectivity index (χ0v) is 21.5. The molecule has 0 bridgehead atoms. The Bertz CT molecular complexity index is 903. The molecule has 1 N–H and O–H groups in total. The van der Waals surface area contributed by atoms with Gasteiger partial charge in [0.2, 0.25) is 5.91 Å². The molecule has 0 saturated heterocycles. The van der Waals surface area contributed by atoms with Crippen molar-refractivity contribution in [1.29, 1.82) is 0 Å². The number of amides is 2. The van der Waals surface area contributed by atoms with E-state index in [0.29, 0.717) is 23.2 Å². The molecule has 0 aliphatic carbocycles. The van der Waals surface area contributed by atoms with Gasteiger partial charge in [-0.1, -0.05) is 57.0 Å². The molecule has 5 nitrogen and oxygen atoms in total. The summed E-state index contributed by atoms with van der Waals surface area (Å²) in [5.74, 6) is 0.541. The van der Waals surface area contributed by atoms with E-state index >= 15 is 0 Å². The molecule has 0 unspecified atom stereocenters. The number of ether oxygens (including phenoxy) is 1. The molecule has 2 aromatic carbocycles. The molecule has 32 heavy (non-hydrogen) atoms. The molecule has 0 spiro atoms. The quantitative estimate of drug-likeness (QED) is 0.371. The highest BCUT2D eigenvalue weighted by atomic mass is 79.9. The highest BCUT2D eigenvalue weighted by molar-refractivity contribution is 9.10. The standard InChI is InChI=1S/C25H32BrClN2O3/c1-5-6-13-28-25(31)18(4)29(15-19-7-10-21(27)11-8-19)24(30)16-32-23-12-9-20(17(2)3)14-22(23)26/h7-12,14,17-18H,5-6,13,15-16H2,1-4H3,(H,28,31)/t18-/m0/s1. The second-order valence-corrected chi connectivity index (χ2v) is 9.39. The zero-order chi connectivity index (χ0) is 23.7. The summed E-state index contributed by atoms with van der Waals surface area (Å²) in [5, 5.41) is 3.53. The Morgan fingerprint density at radius 2 is 1.81 bits per heavy atom. The van der Waals surface area contributed by atoms with Crippen molar-refractivity contribution in [3.05, 3.63) is 63.1 Å². The molecule has 0 aromatic heterocycles. The molecule has 7 heteroatoms. The van der Waals surface area contributed by atoms with Crippen molar-refractivity contribution in [2.24, 2.45) is 0 Å². The van der Waals surface area contributed by atoms with Crippen molar-refractivity contribution in [2.45, 2.75) is 59.0 Å². The fourth-order valence-corrected chi connectivity index (χ4v) is 3.76. The van der Waals surface area contributed by atoms with Gasteiger partial charge in [0.05, 0.1) is 4.47 Å². The van der Waals surface area contributed by atoms with E-state index in [0.717, 1.165) is 22.9 Å². The Labute approximate surface area is 204 Å². The summed E-state index contributed by atoms with van der Waals surface area (Å²) in [6.45, 7) is 8.75. The summed E-state index contributed by atoms with van der Waals surface area (Å²) >= 11 is 9.51. The maximum absolute atomic E-state index is 13.1. The van der Waals surface area contributed by atoms with Crippen LogP contribution in [0, 0.1) is 0 Å². The zero-order valence-electron chi connectivity index (χ0n) is 19.2. The predicted molar refractivity (Wildman–Crippen MR) is 133 cm³/mol. The van der Waals surface area contributed by atoms with Gasteiger partial charge in [-0.25, -0.2) is 0 Å². The molecule has 2 aromatic rings. The van der Waals surface area contributed by atoms with Crippen LogP contribution in [0.1, 0.15) is 57.6 Å². The van der Waals surface area contributed by atoms with Crippen LogP contribution in [0.4, 0.5) is 0 Å². The van der Waals surface area contributed by atoms with Crippen molar-refractivity contribution < 1.29 is 14.3 Å². The minimum atomic E-state index is -0.634. The third kappa shape index (κ3) is 7.82. The van der Waals surface area contributed by atoms with Gasteiger partial charge in [-0.2, -0.15) is 0 Å². The van der Waals surface area contributed by atoms with Crippen LogP contribution >= 0.6 is 27.5 Å². The minimum absolute atomic E-state index is 0.167. The smallest absolute Gasteiger partial charge is 0.261 e. The van der Waals surface area contributed by atoms with Crippen LogP contribution in [0.2, 0.25) is 5.02 Å². The summed E-state index contributed by atoms with van der Waals surface area (Å²) in [5.41, 5.74) is 2.07. The van der Waals surface area contributed by atoms with Gasteiger partial charge in [0, 0.05) is 18.1 Å². The summed E-state index contributed by atoms with van der Waals surface area (Å²) in [7, 11) is 0. The number of hydrogen-bond donors (Lipinski definition) is 1. The molecule has 0 aliphatic rings. The summed E-state index contributed by atoms with van der Waals surface area (Å²) in [6.07, 6.45) is 1.88. The topological polar surface area (TPSA) is 58.6 Å². The third-order valence-electron chi connectivity index (χ3n) is 5.24. The predicted octanol–water partition coefficient (Wildman–Crippen LogP) is 5.94. The first-order chi connectivity index (χ1) is 15.2. The highest BCUT2D eigenvalue weighted by Gasteiger charge is 2.26. The maximum Gasteiger partial charge on any atom is 0.261 e. The average molecular weight is 524 g/mol. The SMILES string of the molecule is CCCCNC(=O)[C@H](C)N(Cc1ccc(Cl)cc1)C(=O)COc1ccc(C(C)C)cc1Br. The number of unbranched alkanes of at least 4 members (excludes halogenated alkanes) is 1. The summed E-state index contributed by atoms with van der Waals surface area (Å²) in [4.78, 5) is 27.3. The Balaban J connectivity index is 2.13. The Hall–Kier alpha value is -2.05. The molecule has 0 aliphatic heterocycles. The number of nitrogens with one attached hydrogen (secondary N) is 1. The van der Waals surface area contributed by atoms with Crippen molar-refractivity contribution in [1.82, 2.24) is 10.2 Å². The van der Waals surface area contributed by atoms with Crippen molar-refractivity contribution >= 4 is 39.3 Å². The molecule has 0 saturated carbocycles. The van der Waals surface area contributed by atoms with Crippen LogP contribution < -0.4 is 10.1 Å². The van der Waals surface area contributed by atoms with Crippen LogP contribution in [-0.2, 0) is 16.1 Å². The second kappa shape index (κ2) is 12.9. The Morgan fingerprint density at radius 1 is 1.12 bits per heavy atom. The number of nitrogens with zero attached hydrogens (tertiary/aromatic N) is 1. The number of carbonyl (C=O) groups is 2. The van der Waals surface area contributed by atoms with Crippen molar-refractivity contribution in [3.8, 4) is 5.75 Å². The lowest BCUT2D eigenvalue weighted by Crippen LogP contribution is -2.49. The van der Waals surface area contributed by atoms with E-state index in [4.69, 9.17) is 16.3 Å². The summed E-state index contributed by atoms with van der Waals surface area (Å²) < 4.78 is 6.61. The van der Waals surface area contributed by atoms with Gasteiger partial charge >= 0.3 is 0 Å². The molecular formula is C25H32BrClN2O3. The van der Waals surface area contributed by atoms with E-state index in [9.17, 15) is 9.59 Å². The lowest BCUT2D eigenvalue weighted by atomic mass is 10.0. The first-order valence-electron chi connectivity index (χ1n) is 11.0. The largest absolute Gasteiger partial charge is 0.483 e. The summed E-state index contributed by atoms with van der Waals surface area (Å²) in [6, 6.07) is 12.5. The molecule has 174 valence electrons. The van der Waals surface area contributed by atoms with Gasteiger partial charge in [0.25, 0.3) is 5.91 Å². The fraction of sp³-hybridized carbons (Fsp3) is 0.440. The van der Waals surface area contributed by atoms with Gasteiger partial charge < -0.3 is 15.0 Å². The van der Waals surface area contributed by atoms with E-state index in [1.807, 2.05) is 30.3 Å². The van der Waals surface area contributed by atoms with Crippen LogP contribution in [0.15, 0.2) is 46.9 Å². The molecule has 0 fully saturated rings. The van der Waals surface area contributed by atoms with Crippen molar-refractivity contribution in [2.75, 3.05) is 13.2 Å². The van der Waals surface area contributed by atoms with E-state index in [1.165, 1.54) is 5.56 Å². The lowest BCUT2D eigenvalue weighted by molar-refractivity contribution is -0.142. The molecule has 2 rings (SSSR count). The average Bonchev–Trinajstić information content (AvgIpc) is 2.77. The number of hydrogen-bond acceptors (Lipinski definition) is 3. The first-order valence-corrected chi connectivity index (χ1v) is 12.1.